The molecule has 15 heavy (non-hydrogen) atoms. The van der Waals surface area contributed by atoms with Crippen molar-refractivity contribution in [1.29, 1.82) is 0 Å². The Morgan fingerprint density at radius 3 is 2.67 bits per heavy atom. The molecule has 0 bridgehead atoms. The van der Waals surface area contributed by atoms with Crippen molar-refractivity contribution >= 4 is 21.6 Å². The summed E-state index contributed by atoms with van der Waals surface area (Å²) in [7, 11) is 0. The molecule has 1 aromatic rings. The molecule has 0 unspecified atom stereocenters. The highest BCUT2D eigenvalue weighted by atomic mass is 79.9. The summed E-state index contributed by atoms with van der Waals surface area (Å²) < 4.78 is 1.07. The number of anilines is 1. The minimum Gasteiger partial charge on any atom is -0.396 e. The molecule has 0 radical (unpaired) electrons. The lowest BCUT2D eigenvalue weighted by molar-refractivity contribution is 0.261. The van der Waals surface area contributed by atoms with Crippen LogP contribution in [0.3, 0.4) is 0 Å². The van der Waals surface area contributed by atoms with Crippen LogP contribution in [0, 0.1) is 6.92 Å². The molecule has 0 saturated carbocycles. The van der Waals surface area contributed by atoms with Gasteiger partial charge in [0.05, 0.1) is 0 Å². The molecule has 1 aromatic carbocycles. The molecule has 0 saturated heterocycles. The fourth-order valence-electron chi connectivity index (χ4n) is 1.44. The summed E-state index contributed by atoms with van der Waals surface area (Å²) >= 11 is 3.45. The molecule has 1 rings (SSSR count). The number of aryl methyl sites for hydroxylation is 1. The van der Waals surface area contributed by atoms with Crippen molar-refractivity contribution < 1.29 is 5.11 Å². The van der Waals surface area contributed by atoms with E-state index in [4.69, 9.17) is 5.11 Å². The Labute approximate surface area is 99.8 Å². The number of benzene rings is 1. The second kappa shape index (κ2) is 4.99. The first kappa shape index (κ1) is 12.5. The number of hydrogen-bond acceptors (Lipinski definition) is 2. The minimum atomic E-state index is -0.0830. The van der Waals surface area contributed by atoms with Crippen molar-refractivity contribution in [3.63, 3.8) is 0 Å². The van der Waals surface area contributed by atoms with Gasteiger partial charge in [0.25, 0.3) is 0 Å². The average Bonchev–Trinajstić information content (AvgIpc) is 2.10. The maximum atomic E-state index is 8.95. The highest BCUT2D eigenvalue weighted by Gasteiger charge is 2.17. The summed E-state index contributed by atoms with van der Waals surface area (Å²) in [5.41, 5.74) is 2.24. The standard InChI is InChI=1S/C12H18BrNO/c1-9-4-5-10(13)8-11(9)14-12(2,3)6-7-15/h4-5,8,14-15H,6-7H2,1-3H3. The van der Waals surface area contributed by atoms with E-state index in [1.807, 2.05) is 6.07 Å². The van der Waals surface area contributed by atoms with Gasteiger partial charge in [0.2, 0.25) is 0 Å². The number of rotatable bonds is 4. The van der Waals surface area contributed by atoms with Crippen LogP contribution in [-0.2, 0) is 0 Å². The van der Waals surface area contributed by atoms with Gasteiger partial charge < -0.3 is 10.4 Å². The fraction of sp³-hybridized carbons (Fsp3) is 0.500. The quantitative estimate of drug-likeness (QED) is 0.881. The highest BCUT2D eigenvalue weighted by molar-refractivity contribution is 9.10. The third-order valence-corrected chi connectivity index (χ3v) is 2.90. The first-order valence-corrected chi connectivity index (χ1v) is 5.89. The number of aliphatic hydroxyl groups is 1. The van der Waals surface area contributed by atoms with Crippen molar-refractivity contribution in [2.24, 2.45) is 0 Å². The third kappa shape index (κ3) is 3.84. The largest absolute Gasteiger partial charge is 0.396 e. The second-order valence-corrected chi connectivity index (χ2v) is 5.36. The van der Waals surface area contributed by atoms with E-state index >= 15 is 0 Å². The van der Waals surface area contributed by atoms with Gasteiger partial charge >= 0.3 is 0 Å². The maximum Gasteiger partial charge on any atom is 0.0453 e. The first-order valence-electron chi connectivity index (χ1n) is 5.10. The number of hydrogen-bond donors (Lipinski definition) is 2. The van der Waals surface area contributed by atoms with E-state index in [0.717, 1.165) is 16.6 Å². The van der Waals surface area contributed by atoms with E-state index in [9.17, 15) is 0 Å². The second-order valence-electron chi connectivity index (χ2n) is 4.44. The zero-order valence-electron chi connectivity index (χ0n) is 9.47. The zero-order valence-corrected chi connectivity index (χ0v) is 11.1. The monoisotopic (exact) mass is 271 g/mol. The van der Waals surface area contributed by atoms with Crippen LogP contribution in [0.4, 0.5) is 5.69 Å². The summed E-state index contributed by atoms with van der Waals surface area (Å²) in [6.45, 7) is 6.45. The molecule has 0 atom stereocenters. The SMILES string of the molecule is Cc1ccc(Br)cc1NC(C)(C)CCO. The molecule has 0 aliphatic rings. The molecule has 0 heterocycles. The topological polar surface area (TPSA) is 32.3 Å². The molecule has 0 fully saturated rings. The van der Waals surface area contributed by atoms with Crippen molar-refractivity contribution in [3.05, 3.63) is 28.2 Å². The van der Waals surface area contributed by atoms with E-state index in [-0.39, 0.29) is 12.1 Å². The van der Waals surface area contributed by atoms with Gasteiger partial charge in [-0.15, -0.1) is 0 Å². The lowest BCUT2D eigenvalue weighted by Crippen LogP contribution is -2.32. The van der Waals surface area contributed by atoms with Crippen LogP contribution in [0.5, 0.6) is 0 Å². The zero-order chi connectivity index (χ0) is 11.5. The van der Waals surface area contributed by atoms with Crippen LogP contribution in [0.15, 0.2) is 22.7 Å². The predicted molar refractivity (Wildman–Crippen MR) is 68.3 cm³/mol. The van der Waals surface area contributed by atoms with Gasteiger partial charge in [0.1, 0.15) is 0 Å². The summed E-state index contributed by atoms with van der Waals surface area (Å²) in [4.78, 5) is 0. The minimum absolute atomic E-state index is 0.0830. The Morgan fingerprint density at radius 2 is 2.07 bits per heavy atom. The van der Waals surface area contributed by atoms with Gasteiger partial charge in [0.15, 0.2) is 0 Å². The van der Waals surface area contributed by atoms with Gasteiger partial charge in [-0.3, -0.25) is 0 Å². The van der Waals surface area contributed by atoms with Gasteiger partial charge in [-0.2, -0.15) is 0 Å². The molecule has 0 spiro atoms. The predicted octanol–water partition coefficient (Wildman–Crippen LogP) is 3.33. The molecule has 0 aliphatic carbocycles. The summed E-state index contributed by atoms with van der Waals surface area (Å²) in [5, 5.41) is 12.4. The van der Waals surface area contributed by atoms with Crippen molar-refractivity contribution in [2.45, 2.75) is 32.7 Å². The molecular weight excluding hydrogens is 254 g/mol. The van der Waals surface area contributed by atoms with Gasteiger partial charge in [-0.05, 0) is 44.9 Å². The summed E-state index contributed by atoms with van der Waals surface area (Å²) in [5.74, 6) is 0. The van der Waals surface area contributed by atoms with E-state index in [2.05, 4.69) is 54.2 Å². The Hall–Kier alpha value is -0.540. The smallest absolute Gasteiger partial charge is 0.0453 e. The maximum absolute atomic E-state index is 8.95. The first-order chi connectivity index (χ1) is 6.94. The number of halogens is 1. The van der Waals surface area contributed by atoms with Crippen molar-refractivity contribution in [2.75, 3.05) is 11.9 Å². The van der Waals surface area contributed by atoms with Crippen LogP contribution in [0.2, 0.25) is 0 Å². The Balaban J connectivity index is 2.83. The Kier molecular flexibility index (Phi) is 4.17. The normalized spacial score (nSPS) is 11.5. The van der Waals surface area contributed by atoms with Crippen LogP contribution < -0.4 is 5.32 Å². The average molecular weight is 272 g/mol. The molecular formula is C12H18BrNO. The lowest BCUT2D eigenvalue weighted by atomic mass is 10.00. The number of nitrogens with one attached hydrogen (secondary N) is 1. The molecule has 84 valence electrons. The number of aliphatic hydroxyl groups excluding tert-OH is 1. The van der Waals surface area contributed by atoms with Crippen molar-refractivity contribution in [3.8, 4) is 0 Å². The van der Waals surface area contributed by atoms with Gasteiger partial charge in [0, 0.05) is 22.3 Å². The van der Waals surface area contributed by atoms with Crippen molar-refractivity contribution in [1.82, 2.24) is 0 Å². The highest BCUT2D eigenvalue weighted by Crippen LogP contribution is 2.24. The molecule has 3 heteroatoms. The molecule has 0 amide bonds. The fourth-order valence-corrected chi connectivity index (χ4v) is 1.80. The molecule has 2 nitrogen and oxygen atoms in total. The van der Waals surface area contributed by atoms with Crippen LogP contribution in [0.1, 0.15) is 25.8 Å². The van der Waals surface area contributed by atoms with E-state index in [0.29, 0.717) is 0 Å². The third-order valence-electron chi connectivity index (χ3n) is 2.41. The summed E-state index contributed by atoms with van der Waals surface area (Å²) in [6.07, 6.45) is 0.735. The van der Waals surface area contributed by atoms with Gasteiger partial charge in [-0.1, -0.05) is 22.0 Å². The lowest BCUT2D eigenvalue weighted by Gasteiger charge is -2.27. The van der Waals surface area contributed by atoms with Gasteiger partial charge in [-0.25, -0.2) is 0 Å². The molecule has 0 aromatic heterocycles. The molecule has 0 aliphatic heterocycles. The van der Waals surface area contributed by atoms with Crippen LogP contribution in [0.25, 0.3) is 0 Å². The van der Waals surface area contributed by atoms with E-state index < -0.39 is 0 Å². The Morgan fingerprint density at radius 1 is 1.40 bits per heavy atom. The van der Waals surface area contributed by atoms with E-state index in [1.165, 1.54) is 5.56 Å². The summed E-state index contributed by atoms with van der Waals surface area (Å²) in [6, 6.07) is 6.16. The Bertz CT molecular complexity index is 336. The van der Waals surface area contributed by atoms with E-state index in [1.54, 1.807) is 0 Å². The van der Waals surface area contributed by atoms with Crippen LogP contribution in [-0.4, -0.2) is 17.3 Å². The molecule has 2 N–H and O–H groups in total. The van der Waals surface area contributed by atoms with Crippen LogP contribution >= 0.6 is 15.9 Å².